The Morgan fingerprint density at radius 2 is 1.76 bits per heavy atom. The van der Waals surface area contributed by atoms with Crippen LogP contribution < -0.4 is 0 Å². The molecule has 29 heavy (non-hydrogen) atoms. The van der Waals surface area contributed by atoms with Crippen molar-refractivity contribution in [3.8, 4) is 5.75 Å². The van der Waals surface area contributed by atoms with Gasteiger partial charge in [0.1, 0.15) is 11.3 Å². The molecule has 0 atom stereocenters. The lowest BCUT2D eigenvalue weighted by atomic mass is 9.85. The molecule has 2 aliphatic heterocycles. The highest BCUT2D eigenvalue weighted by Gasteiger charge is 2.57. The maximum Gasteiger partial charge on any atom is 0.328 e. The van der Waals surface area contributed by atoms with Gasteiger partial charge >= 0.3 is 6.03 Å². The van der Waals surface area contributed by atoms with E-state index in [4.69, 9.17) is 0 Å². The summed E-state index contributed by atoms with van der Waals surface area (Å²) in [4.78, 5) is 36.0. The molecule has 0 radical (unpaired) electrons. The number of likely N-dealkylation sites (tertiary alicyclic amines) is 1. The van der Waals surface area contributed by atoms with E-state index < -0.39 is 5.54 Å². The van der Waals surface area contributed by atoms with Gasteiger partial charge in [0.25, 0.3) is 5.91 Å². The first-order valence-corrected chi connectivity index (χ1v) is 10.1. The van der Waals surface area contributed by atoms with Crippen LogP contribution >= 0.6 is 0 Å². The van der Waals surface area contributed by atoms with Gasteiger partial charge in [-0.2, -0.15) is 0 Å². The van der Waals surface area contributed by atoms with Gasteiger partial charge < -0.3 is 10.0 Å². The Hall–Kier alpha value is -2.93. The molecular formula is C22H26N4O3. The second kappa shape index (κ2) is 7.83. The molecule has 4 rings (SSSR count). The van der Waals surface area contributed by atoms with Crippen LogP contribution in [0.25, 0.3) is 0 Å². The highest BCUT2D eigenvalue weighted by atomic mass is 16.3. The molecule has 152 valence electrons. The molecule has 1 spiro atoms. The van der Waals surface area contributed by atoms with Crippen LogP contribution in [0.3, 0.4) is 0 Å². The smallest absolute Gasteiger partial charge is 0.328 e. The van der Waals surface area contributed by atoms with E-state index in [2.05, 4.69) is 9.88 Å². The number of carbonyl (C=O) groups excluding carboxylic acids is 2. The second-order valence-electron chi connectivity index (χ2n) is 7.71. The minimum atomic E-state index is -0.744. The van der Waals surface area contributed by atoms with Gasteiger partial charge in [-0.1, -0.05) is 18.2 Å². The maximum absolute atomic E-state index is 13.4. The summed E-state index contributed by atoms with van der Waals surface area (Å²) >= 11 is 0. The summed E-state index contributed by atoms with van der Waals surface area (Å²) in [5.41, 5.74) is 1.09. The van der Waals surface area contributed by atoms with Crippen molar-refractivity contribution in [2.24, 2.45) is 0 Å². The third-order valence-corrected chi connectivity index (χ3v) is 6.01. The molecule has 0 bridgehead atoms. The second-order valence-corrected chi connectivity index (χ2v) is 7.71. The van der Waals surface area contributed by atoms with Crippen LogP contribution in [0.2, 0.25) is 0 Å². The number of aromatic nitrogens is 1. The fraction of sp³-hybridized carbons (Fsp3) is 0.409. The number of phenols is 1. The Morgan fingerprint density at radius 1 is 1.03 bits per heavy atom. The van der Waals surface area contributed by atoms with E-state index in [-0.39, 0.29) is 24.2 Å². The first-order chi connectivity index (χ1) is 14.0. The summed E-state index contributed by atoms with van der Waals surface area (Å²) in [6.45, 7) is 4.92. The van der Waals surface area contributed by atoms with Crippen molar-refractivity contribution in [2.75, 3.05) is 19.6 Å². The molecule has 3 heterocycles. The zero-order valence-corrected chi connectivity index (χ0v) is 16.6. The number of urea groups is 1. The van der Waals surface area contributed by atoms with Gasteiger partial charge in [0.05, 0.1) is 12.2 Å². The monoisotopic (exact) mass is 394 g/mol. The summed E-state index contributed by atoms with van der Waals surface area (Å²) < 4.78 is 0. The van der Waals surface area contributed by atoms with Gasteiger partial charge in [-0.3, -0.25) is 19.6 Å². The number of phenolic OH excluding ortho intramolecular Hbond substituents is 1. The zero-order chi connectivity index (χ0) is 20.4. The van der Waals surface area contributed by atoms with Crippen molar-refractivity contribution in [3.05, 3.63) is 59.9 Å². The molecule has 2 fully saturated rings. The predicted octanol–water partition coefficient (Wildman–Crippen LogP) is 2.61. The largest absolute Gasteiger partial charge is 0.508 e. The van der Waals surface area contributed by atoms with Crippen molar-refractivity contribution in [3.63, 3.8) is 0 Å². The van der Waals surface area contributed by atoms with Crippen LogP contribution in [0, 0.1) is 0 Å². The summed E-state index contributed by atoms with van der Waals surface area (Å²) in [5.74, 6) is 0.160. The Morgan fingerprint density at radius 3 is 2.38 bits per heavy atom. The highest BCUT2D eigenvalue weighted by molar-refractivity contribution is 6.07. The SMILES string of the molecule is CCN1C(=O)N(Cc2ccccn2)C(=O)C12CCN(Cc1ccc(O)cc1)CC2. The Bertz CT molecular complexity index is 877. The molecule has 2 aliphatic rings. The van der Waals surface area contributed by atoms with E-state index in [1.54, 1.807) is 23.2 Å². The fourth-order valence-corrected chi connectivity index (χ4v) is 4.44. The number of pyridine rings is 1. The van der Waals surface area contributed by atoms with E-state index in [0.717, 1.165) is 25.2 Å². The number of hydrogen-bond acceptors (Lipinski definition) is 5. The number of amides is 3. The average Bonchev–Trinajstić information content (AvgIpc) is 2.93. The molecular weight excluding hydrogens is 368 g/mol. The van der Waals surface area contributed by atoms with Crippen molar-refractivity contribution < 1.29 is 14.7 Å². The summed E-state index contributed by atoms with van der Waals surface area (Å²) in [7, 11) is 0. The van der Waals surface area contributed by atoms with Crippen LogP contribution in [0.1, 0.15) is 31.0 Å². The van der Waals surface area contributed by atoms with Crippen LogP contribution in [-0.4, -0.2) is 61.9 Å². The molecule has 0 unspecified atom stereocenters. The summed E-state index contributed by atoms with van der Waals surface area (Å²) in [6.07, 6.45) is 2.93. The third kappa shape index (κ3) is 3.58. The predicted molar refractivity (Wildman–Crippen MR) is 108 cm³/mol. The molecule has 1 aromatic heterocycles. The third-order valence-electron chi connectivity index (χ3n) is 6.01. The Kier molecular flexibility index (Phi) is 5.24. The number of carbonyl (C=O) groups is 2. The number of nitrogens with zero attached hydrogens (tertiary/aromatic N) is 4. The van der Waals surface area contributed by atoms with Crippen molar-refractivity contribution in [2.45, 2.75) is 38.4 Å². The van der Waals surface area contributed by atoms with Crippen molar-refractivity contribution >= 4 is 11.9 Å². The molecule has 1 N–H and O–H groups in total. The van der Waals surface area contributed by atoms with Gasteiger partial charge in [0, 0.05) is 32.4 Å². The van der Waals surface area contributed by atoms with Gasteiger partial charge in [-0.25, -0.2) is 4.79 Å². The van der Waals surface area contributed by atoms with E-state index in [1.165, 1.54) is 4.90 Å². The number of aromatic hydroxyl groups is 1. The molecule has 2 saturated heterocycles. The van der Waals surface area contributed by atoms with Crippen molar-refractivity contribution in [1.29, 1.82) is 0 Å². The lowest BCUT2D eigenvalue weighted by Gasteiger charge is -2.42. The maximum atomic E-state index is 13.4. The van der Waals surface area contributed by atoms with Crippen LogP contribution in [0.5, 0.6) is 5.75 Å². The molecule has 7 heteroatoms. The first-order valence-electron chi connectivity index (χ1n) is 10.1. The minimum Gasteiger partial charge on any atom is -0.508 e. The molecule has 2 aromatic rings. The van der Waals surface area contributed by atoms with E-state index in [1.807, 2.05) is 37.3 Å². The minimum absolute atomic E-state index is 0.0979. The highest BCUT2D eigenvalue weighted by Crippen LogP contribution is 2.38. The molecule has 3 amide bonds. The number of piperidine rings is 1. The zero-order valence-electron chi connectivity index (χ0n) is 16.6. The Labute approximate surface area is 170 Å². The van der Waals surface area contributed by atoms with E-state index in [9.17, 15) is 14.7 Å². The molecule has 0 saturated carbocycles. The quantitative estimate of drug-likeness (QED) is 0.789. The molecule has 0 aliphatic carbocycles. The topological polar surface area (TPSA) is 77.0 Å². The van der Waals surface area contributed by atoms with Crippen LogP contribution in [-0.2, 0) is 17.9 Å². The van der Waals surface area contributed by atoms with Crippen LogP contribution in [0.15, 0.2) is 48.7 Å². The molecule has 1 aromatic carbocycles. The first kappa shape index (κ1) is 19.4. The summed E-state index contributed by atoms with van der Waals surface area (Å²) in [5, 5.41) is 9.45. The van der Waals surface area contributed by atoms with Gasteiger partial charge in [-0.15, -0.1) is 0 Å². The lowest BCUT2D eigenvalue weighted by molar-refractivity contribution is -0.136. The number of rotatable bonds is 5. The summed E-state index contributed by atoms with van der Waals surface area (Å²) in [6, 6.07) is 12.5. The number of benzene rings is 1. The normalized spacial score (nSPS) is 19.3. The standard InChI is InChI=1S/C22H26N4O3/c1-2-26-21(29)25(16-18-5-3-4-12-23-18)20(28)22(26)10-13-24(14-11-22)15-17-6-8-19(27)9-7-17/h3-9,12,27H,2,10-11,13-16H2,1H3. The van der Waals surface area contributed by atoms with Crippen LogP contribution in [0.4, 0.5) is 4.79 Å². The van der Waals surface area contributed by atoms with Gasteiger partial charge in [-0.05, 0) is 49.6 Å². The Balaban J connectivity index is 1.47. The number of hydrogen-bond donors (Lipinski definition) is 1. The lowest BCUT2D eigenvalue weighted by Crippen LogP contribution is -2.56. The average molecular weight is 394 g/mol. The molecule has 7 nitrogen and oxygen atoms in total. The van der Waals surface area contributed by atoms with Gasteiger partial charge in [0.15, 0.2) is 0 Å². The van der Waals surface area contributed by atoms with E-state index >= 15 is 0 Å². The fourth-order valence-electron chi connectivity index (χ4n) is 4.44. The number of imide groups is 1. The van der Waals surface area contributed by atoms with Crippen molar-refractivity contribution in [1.82, 2.24) is 19.7 Å². The number of likely N-dealkylation sites (N-methyl/N-ethyl adjacent to an activating group) is 1. The van der Waals surface area contributed by atoms with Gasteiger partial charge in [0.2, 0.25) is 0 Å². The van der Waals surface area contributed by atoms with E-state index in [0.29, 0.717) is 25.1 Å².